The average Bonchev–Trinajstić information content (AvgIpc) is 2.62. The second kappa shape index (κ2) is 9.80. The summed E-state index contributed by atoms with van der Waals surface area (Å²) >= 11 is 0. The third kappa shape index (κ3) is 5.76. The maximum atomic E-state index is 12.4. The zero-order valence-corrected chi connectivity index (χ0v) is 15.8. The van der Waals surface area contributed by atoms with Crippen LogP contribution in [-0.4, -0.2) is 24.0 Å². The highest BCUT2D eigenvalue weighted by Gasteiger charge is 2.11. The van der Waals surface area contributed by atoms with Crippen LogP contribution in [0.1, 0.15) is 48.8 Å². The van der Waals surface area contributed by atoms with E-state index in [1.807, 2.05) is 31.2 Å². The SMILES string of the molecule is CCc1[nH]c(=O)ccc1C(=O)NCCc1ccccc1OCCC(C)C. The first-order chi connectivity index (χ1) is 12.5. The summed E-state index contributed by atoms with van der Waals surface area (Å²) in [5.41, 5.74) is 2.07. The molecule has 0 fully saturated rings. The first-order valence-corrected chi connectivity index (χ1v) is 9.22. The second-order valence-corrected chi connectivity index (χ2v) is 6.71. The van der Waals surface area contributed by atoms with Gasteiger partial charge in [-0.15, -0.1) is 0 Å². The van der Waals surface area contributed by atoms with Gasteiger partial charge >= 0.3 is 0 Å². The van der Waals surface area contributed by atoms with E-state index in [-0.39, 0.29) is 11.5 Å². The van der Waals surface area contributed by atoms with Crippen molar-refractivity contribution in [1.29, 1.82) is 0 Å². The van der Waals surface area contributed by atoms with Gasteiger partial charge in [0.25, 0.3) is 5.91 Å². The van der Waals surface area contributed by atoms with Crippen molar-refractivity contribution in [3.05, 3.63) is 63.6 Å². The Hall–Kier alpha value is -2.56. The largest absolute Gasteiger partial charge is 0.493 e. The molecule has 140 valence electrons. The molecule has 0 spiro atoms. The number of aromatic amines is 1. The van der Waals surface area contributed by atoms with E-state index in [1.54, 1.807) is 6.07 Å². The van der Waals surface area contributed by atoms with Crippen LogP contribution in [0.2, 0.25) is 0 Å². The van der Waals surface area contributed by atoms with Gasteiger partial charge in [-0.25, -0.2) is 0 Å². The first-order valence-electron chi connectivity index (χ1n) is 9.22. The van der Waals surface area contributed by atoms with Crippen LogP contribution >= 0.6 is 0 Å². The number of H-pyrrole nitrogens is 1. The molecule has 1 heterocycles. The number of para-hydroxylation sites is 1. The monoisotopic (exact) mass is 356 g/mol. The van der Waals surface area contributed by atoms with Gasteiger partial charge in [-0.3, -0.25) is 9.59 Å². The van der Waals surface area contributed by atoms with Crippen molar-refractivity contribution in [3.63, 3.8) is 0 Å². The number of hydrogen-bond donors (Lipinski definition) is 2. The fourth-order valence-corrected chi connectivity index (χ4v) is 2.67. The van der Waals surface area contributed by atoms with Crippen LogP contribution in [0.25, 0.3) is 0 Å². The summed E-state index contributed by atoms with van der Waals surface area (Å²) in [4.78, 5) is 26.5. The van der Waals surface area contributed by atoms with Crippen LogP contribution in [0.4, 0.5) is 0 Å². The summed E-state index contributed by atoms with van der Waals surface area (Å²) in [6, 6.07) is 10.9. The number of hydrogen-bond acceptors (Lipinski definition) is 3. The van der Waals surface area contributed by atoms with E-state index in [0.717, 1.165) is 17.7 Å². The molecular formula is C21H28N2O3. The van der Waals surface area contributed by atoms with Crippen molar-refractivity contribution >= 4 is 5.91 Å². The van der Waals surface area contributed by atoms with Gasteiger partial charge in [0.05, 0.1) is 12.2 Å². The van der Waals surface area contributed by atoms with E-state index < -0.39 is 0 Å². The van der Waals surface area contributed by atoms with Gasteiger partial charge in [-0.1, -0.05) is 39.0 Å². The molecule has 0 saturated carbocycles. The molecule has 0 aliphatic rings. The Bertz CT molecular complexity index is 781. The maximum Gasteiger partial charge on any atom is 0.253 e. The predicted molar refractivity (Wildman–Crippen MR) is 104 cm³/mol. The zero-order valence-electron chi connectivity index (χ0n) is 15.8. The molecule has 1 aromatic carbocycles. The molecule has 0 radical (unpaired) electrons. The molecule has 0 bridgehead atoms. The number of aromatic nitrogens is 1. The summed E-state index contributed by atoms with van der Waals surface area (Å²) in [5, 5.41) is 2.93. The topological polar surface area (TPSA) is 71.2 Å². The Kier molecular flexibility index (Phi) is 7.45. The second-order valence-electron chi connectivity index (χ2n) is 6.71. The van der Waals surface area contributed by atoms with Gasteiger partial charge in [-0.2, -0.15) is 0 Å². The van der Waals surface area contributed by atoms with E-state index in [4.69, 9.17) is 4.74 Å². The Balaban J connectivity index is 1.93. The van der Waals surface area contributed by atoms with E-state index >= 15 is 0 Å². The molecule has 0 saturated heterocycles. The fraction of sp³-hybridized carbons (Fsp3) is 0.429. The minimum atomic E-state index is -0.189. The lowest BCUT2D eigenvalue weighted by atomic mass is 10.1. The molecule has 0 aliphatic heterocycles. The summed E-state index contributed by atoms with van der Waals surface area (Å²) in [6.45, 7) is 7.45. The normalized spacial score (nSPS) is 10.8. The number of ether oxygens (including phenoxy) is 1. The molecule has 5 nitrogen and oxygen atoms in total. The van der Waals surface area contributed by atoms with Crippen molar-refractivity contribution in [3.8, 4) is 5.75 Å². The third-order valence-electron chi connectivity index (χ3n) is 4.20. The number of pyridine rings is 1. The van der Waals surface area contributed by atoms with Gasteiger partial charge in [0.2, 0.25) is 5.56 Å². The molecular weight excluding hydrogens is 328 g/mol. The van der Waals surface area contributed by atoms with E-state index in [2.05, 4.69) is 24.1 Å². The Labute approximate surface area is 154 Å². The molecule has 0 aliphatic carbocycles. The van der Waals surface area contributed by atoms with Gasteiger partial charge in [0, 0.05) is 18.3 Å². The highest BCUT2D eigenvalue weighted by atomic mass is 16.5. The molecule has 26 heavy (non-hydrogen) atoms. The van der Waals surface area contributed by atoms with E-state index in [0.29, 0.717) is 43.2 Å². The van der Waals surface area contributed by atoms with Crippen LogP contribution in [0.5, 0.6) is 5.75 Å². The summed E-state index contributed by atoms with van der Waals surface area (Å²) in [7, 11) is 0. The number of rotatable bonds is 9. The molecule has 0 unspecified atom stereocenters. The first kappa shape index (κ1) is 19.8. The number of carbonyl (C=O) groups excluding carboxylic acids is 1. The zero-order chi connectivity index (χ0) is 18.9. The minimum Gasteiger partial charge on any atom is -0.493 e. The van der Waals surface area contributed by atoms with Crippen LogP contribution in [-0.2, 0) is 12.8 Å². The molecule has 1 amide bonds. The average molecular weight is 356 g/mol. The molecule has 2 aromatic rings. The number of benzene rings is 1. The van der Waals surface area contributed by atoms with Crippen LogP contribution in [0, 0.1) is 5.92 Å². The Morgan fingerprint density at radius 1 is 1.19 bits per heavy atom. The lowest BCUT2D eigenvalue weighted by Crippen LogP contribution is -2.28. The summed E-state index contributed by atoms with van der Waals surface area (Å²) in [5.74, 6) is 1.31. The predicted octanol–water partition coefficient (Wildman–Crippen LogP) is 3.33. The van der Waals surface area contributed by atoms with Crippen LogP contribution in [0.3, 0.4) is 0 Å². The highest BCUT2D eigenvalue weighted by molar-refractivity contribution is 5.95. The smallest absolute Gasteiger partial charge is 0.253 e. The Morgan fingerprint density at radius 3 is 2.69 bits per heavy atom. The van der Waals surface area contributed by atoms with Crippen molar-refractivity contribution in [2.24, 2.45) is 5.92 Å². The van der Waals surface area contributed by atoms with E-state index in [9.17, 15) is 9.59 Å². The van der Waals surface area contributed by atoms with Crippen molar-refractivity contribution in [2.45, 2.75) is 40.0 Å². The minimum absolute atomic E-state index is 0.170. The molecule has 1 aromatic heterocycles. The quantitative estimate of drug-likeness (QED) is 0.724. The molecule has 2 rings (SSSR count). The highest BCUT2D eigenvalue weighted by Crippen LogP contribution is 2.19. The summed E-state index contributed by atoms with van der Waals surface area (Å²) in [6.07, 6.45) is 2.30. The van der Waals surface area contributed by atoms with Gasteiger partial charge in [-0.05, 0) is 42.9 Å². The third-order valence-corrected chi connectivity index (χ3v) is 4.20. The molecule has 5 heteroatoms. The number of amides is 1. The van der Waals surface area contributed by atoms with Crippen LogP contribution in [0.15, 0.2) is 41.2 Å². The van der Waals surface area contributed by atoms with E-state index in [1.165, 1.54) is 6.07 Å². The van der Waals surface area contributed by atoms with Crippen LogP contribution < -0.4 is 15.6 Å². The van der Waals surface area contributed by atoms with Crippen molar-refractivity contribution in [2.75, 3.05) is 13.2 Å². The van der Waals surface area contributed by atoms with Gasteiger partial charge in [0.1, 0.15) is 5.75 Å². The van der Waals surface area contributed by atoms with Gasteiger partial charge in [0.15, 0.2) is 0 Å². The summed E-state index contributed by atoms with van der Waals surface area (Å²) < 4.78 is 5.89. The number of aryl methyl sites for hydroxylation is 1. The maximum absolute atomic E-state index is 12.4. The number of nitrogens with one attached hydrogen (secondary N) is 2. The number of carbonyl (C=O) groups is 1. The molecule has 0 atom stereocenters. The Morgan fingerprint density at radius 2 is 1.96 bits per heavy atom. The van der Waals surface area contributed by atoms with Crippen molar-refractivity contribution in [1.82, 2.24) is 10.3 Å². The lowest BCUT2D eigenvalue weighted by Gasteiger charge is -2.13. The fourth-order valence-electron chi connectivity index (χ4n) is 2.67. The molecule has 2 N–H and O–H groups in total. The lowest BCUT2D eigenvalue weighted by molar-refractivity contribution is 0.0952. The van der Waals surface area contributed by atoms with Gasteiger partial charge < -0.3 is 15.0 Å². The standard InChI is InChI=1S/C21H28N2O3/c1-4-18-17(9-10-20(24)23-18)21(25)22-13-11-16-7-5-6-8-19(16)26-14-12-15(2)3/h5-10,15H,4,11-14H2,1-3H3,(H,22,25)(H,23,24). The van der Waals surface area contributed by atoms with Crippen molar-refractivity contribution < 1.29 is 9.53 Å².